The van der Waals surface area contributed by atoms with E-state index >= 15 is 0 Å². The number of carbonyl (C=O) groups is 1. The molecular weight excluding hydrogens is 238 g/mol. The minimum atomic E-state index is -0.508. The van der Waals surface area contributed by atoms with Crippen LogP contribution < -0.4 is 11.2 Å². The lowest BCUT2D eigenvalue weighted by Crippen LogP contribution is -2.40. The fourth-order valence-corrected chi connectivity index (χ4v) is 2.18. The minimum absolute atomic E-state index is 0.388. The molecule has 0 aromatic carbocycles. The zero-order valence-electron chi connectivity index (χ0n) is 10.3. The Morgan fingerprint density at radius 2 is 2.22 bits per heavy atom. The van der Waals surface area contributed by atoms with Crippen molar-refractivity contribution in [2.24, 2.45) is 0 Å². The first-order valence-corrected chi connectivity index (χ1v) is 5.71. The Morgan fingerprint density at radius 1 is 1.50 bits per heavy atom. The molecule has 0 aliphatic carbocycles. The van der Waals surface area contributed by atoms with Gasteiger partial charge >= 0.3 is 11.8 Å². The van der Waals surface area contributed by atoms with Gasteiger partial charge in [-0.2, -0.15) is 0 Å². The Hall–Kier alpha value is -2.05. The van der Waals surface area contributed by atoms with Gasteiger partial charge in [0, 0.05) is 18.3 Å². The summed E-state index contributed by atoms with van der Waals surface area (Å²) in [6.45, 7) is 2.16. The second kappa shape index (κ2) is 4.67. The fourth-order valence-electron chi connectivity index (χ4n) is 2.18. The van der Waals surface area contributed by atoms with Gasteiger partial charge < -0.3 is 4.74 Å². The number of H-pyrrole nitrogens is 1. The van der Waals surface area contributed by atoms with Gasteiger partial charge in [-0.25, -0.2) is 9.59 Å². The standard InChI is InChI=1S/C11H15N3O4/c1-7-6-14(10(16)12-9(7)15)8-4-3-5-13(8)11(17)18-2/h6,8H,3-5H2,1-2H3,(H,12,15,16)/t8-/m1/s1. The first-order valence-electron chi connectivity index (χ1n) is 5.71. The summed E-state index contributed by atoms with van der Waals surface area (Å²) in [4.78, 5) is 38.4. The van der Waals surface area contributed by atoms with Crippen LogP contribution in [0.1, 0.15) is 24.6 Å². The van der Waals surface area contributed by atoms with Gasteiger partial charge in [-0.05, 0) is 19.8 Å². The number of hydrogen-bond donors (Lipinski definition) is 1. The van der Waals surface area contributed by atoms with Gasteiger partial charge in [0.2, 0.25) is 0 Å². The lowest BCUT2D eigenvalue weighted by molar-refractivity contribution is 0.103. The molecule has 0 spiro atoms. The van der Waals surface area contributed by atoms with Crippen LogP contribution in [0.2, 0.25) is 0 Å². The maximum absolute atomic E-state index is 11.8. The highest BCUT2D eigenvalue weighted by molar-refractivity contribution is 5.67. The molecule has 98 valence electrons. The Morgan fingerprint density at radius 3 is 2.89 bits per heavy atom. The van der Waals surface area contributed by atoms with E-state index < -0.39 is 17.3 Å². The molecule has 7 nitrogen and oxygen atoms in total. The summed E-state index contributed by atoms with van der Waals surface area (Å²) in [6, 6.07) is 0. The van der Waals surface area contributed by atoms with Crippen LogP contribution in [0.25, 0.3) is 0 Å². The van der Waals surface area contributed by atoms with E-state index in [9.17, 15) is 14.4 Å². The number of aromatic nitrogens is 2. The van der Waals surface area contributed by atoms with Crippen LogP contribution in [0, 0.1) is 6.92 Å². The van der Waals surface area contributed by atoms with Gasteiger partial charge in [-0.3, -0.25) is 19.2 Å². The topological polar surface area (TPSA) is 84.4 Å². The number of nitrogens with one attached hydrogen (secondary N) is 1. The number of likely N-dealkylation sites (tertiary alicyclic amines) is 1. The molecule has 0 saturated carbocycles. The number of nitrogens with zero attached hydrogens (tertiary/aromatic N) is 2. The van der Waals surface area contributed by atoms with Crippen molar-refractivity contribution in [3.63, 3.8) is 0 Å². The lowest BCUT2D eigenvalue weighted by Gasteiger charge is -2.24. The monoisotopic (exact) mass is 253 g/mol. The van der Waals surface area contributed by atoms with Gasteiger partial charge in [-0.15, -0.1) is 0 Å². The normalized spacial score (nSPS) is 19.0. The number of hydrogen-bond acceptors (Lipinski definition) is 4. The van der Waals surface area contributed by atoms with E-state index in [0.29, 0.717) is 18.5 Å². The lowest BCUT2D eigenvalue weighted by atomic mass is 10.3. The van der Waals surface area contributed by atoms with Crippen LogP contribution in [-0.4, -0.2) is 34.2 Å². The quantitative estimate of drug-likeness (QED) is 0.775. The third-order valence-electron chi connectivity index (χ3n) is 3.10. The van der Waals surface area contributed by atoms with Crippen LogP contribution >= 0.6 is 0 Å². The van der Waals surface area contributed by atoms with Crippen molar-refractivity contribution in [3.8, 4) is 0 Å². The highest BCUT2D eigenvalue weighted by Gasteiger charge is 2.31. The predicted octanol–water partition coefficient (Wildman–Crippen LogP) is 0.206. The van der Waals surface area contributed by atoms with Crippen LogP contribution in [0.4, 0.5) is 4.79 Å². The highest BCUT2D eigenvalue weighted by atomic mass is 16.5. The van der Waals surface area contributed by atoms with E-state index in [1.165, 1.54) is 22.8 Å². The van der Waals surface area contributed by atoms with Crippen molar-refractivity contribution >= 4 is 6.09 Å². The summed E-state index contributed by atoms with van der Waals surface area (Å²) in [7, 11) is 1.30. The average molecular weight is 253 g/mol. The third kappa shape index (κ3) is 2.03. The zero-order valence-corrected chi connectivity index (χ0v) is 10.3. The second-order valence-electron chi connectivity index (χ2n) is 4.26. The van der Waals surface area contributed by atoms with E-state index in [1.807, 2.05) is 0 Å². The molecule has 1 aliphatic rings. The van der Waals surface area contributed by atoms with Crippen molar-refractivity contribution in [1.82, 2.24) is 14.5 Å². The minimum Gasteiger partial charge on any atom is -0.453 e. The Bertz CT molecular complexity index is 574. The molecule has 2 heterocycles. The van der Waals surface area contributed by atoms with Crippen LogP contribution in [-0.2, 0) is 4.74 Å². The summed E-state index contributed by atoms with van der Waals surface area (Å²) in [5.41, 5.74) is -0.475. The van der Waals surface area contributed by atoms with Gasteiger partial charge in [0.25, 0.3) is 5.56 Å². The summed E-state index contributed by atoms with van der Waals surface area (Å²) in [5, 5.41) is 0. The van der Waals surface area contributed by atoms with Crippen molar-refractivity contribution in [2.45, 2.75) is 25.9 Å². The van der Waals surface area contributed by atoms with Gasteiger partial charge in [0.1, 0.15) is 6.17 Å². The predicted molar refractivity (Wildman–Crippen MR) is 63.4 cm³/mol. The summed E-state index contributed by atoms with van der Waals surface area (Å²) < 4.78 is 6.06. The average Bonchev–Trinajstić information content (AvgIpc) is 2.81. The van der Waals surface area contributed by atoms with Crippen molar-refractivity contribution < 1.29 is 9.53 Å². The number of rotatable bonds is 1. The Kier molecular flexibility index (Phi) is 3.22. The maximum atomic E-state index is 11.8. The maximum Gasteiger partial charge on any atom is 0.411 e. The van der Waals surface area contributed by atoms with Gasteiger partial charge in [0.05, 0.1) is 7.11 Å². The number of aromatic amines is 1. The molecule has 7 heteroatoms. The molecule has 1 aromatic rings. The first kappa shape index (κ1) is 12.4. The molecule has 1 saturated heterocycles. The Balaban J connectivity index is 2.42. The summed E-state index contributed by atoms with van der Waals surface area (Å²) in [5.74, 6) is 0. The van der Waals surface area contributed by atoms with Crippen molar-refractivity contribution in [2.75, 3.05) is 13.7 Å². The molecule has 1 aromatic heterocycles. The SMILES string of the molecule is COC(=O)N1CCC[C@H]1n1cc(C)c(=O)[nH]c1=O. The molecule has 0 unspecified atom stereocenters. The molecule has 1 atom stereocenters. The highest BCUT2D eigenvalue weighted by Crippen LogP contribution is 2.25. The number of carbonyl (C=O) groups excluding carboxylic acids is 1. The van der Waals surface area contributed by atoms with Gasteiger partial charge in [0.15, 0.2) is 0 Å². The molecule has 1 N–H and O–H groups in total. The van der Waals surface area contributed by atoms with Crippen molar-refractivity contribution in [3.05, 3.63) is 32.6 Å². The van der Waals surface area contributed by atoms with E-state index in [4.69, 9.17) is 0 Å². The number of aryl methyl sites for hydroxylation is 1. The van der Waals surface area contributed by atoms with E-state index in [2.05, 4.69) is 9.72 Å². The summed E-state index contributed by atoms with van der Waals surface area (Å²) >= 11 is 0. The van der Waals surface area contributed by atoms with E-state index in [0.717, 1.165) is 6.42 Å². The second-order valence-corrected chi connectivity index (χ2v) is 4.26. The largest absolute Gasteiger partial charge is 0.453 e. The smallest absolute Gasteiger partial charge is 0.411 e. The number of ether oxygens (including phenoxy) is 1. The van der Waals surface area contributed by atoms with E-state index in [-0.39, 0.29) is 6.17 Å². The van der Waals surface area contributed by atoms with Crippen LogP contribution in [0.15, 0.2) is 15.8 Å². The van der Waals surface area contributed by atoms with Crippen LogP contribution in [0.5, 0.6) is 0 Å². The molecular formula is C11H15N3O4. The first-order chi connectivity index (χ1) is 8.54. The number of methoxy groups -OCH3 is 1. The molecule has 1 amide bonds. The van der Waals surface area contributed by atoms with Gasteiger partial charge in [-0.1, -0.05) is 0 Å². The third-order valence-corrected chi connectivity index (χ3v) is 3.10. The molecule has 0 bridgehead atoms. The Labute approximate surface area is 103 Å². The van der Waals surface area contributed by atoms with Crippen LogP contribution in [0.3, 0.4) is 0 Å². The molecule has 2 rings (SSSR count). The molecule has 1 fully saturated rings. The molecule has 18 heavy (non-hydrogen) atoms. The fraction of sp³-hybridized carbons (Fsp3) is 0.545. The molecule has 0 radical (unpaired) electrons. The van der Waals surface area contributed by atoms with Crippen molar-refractivity contribution in [1.29, 1.82) is 0 Å². The number of amides is 1. The summed E-state index contributed by atoms with van der Waals surface area (Å²) in [6.07, 6.45) is 2.09. The molecule has 1 aliphatic heterocycles. The zero-order chi connectivity index (χ0) is 13.3. The van der Waals surface area contributed by atoms with E-state index in [1.54, 1.807) is 6.92 Å².